The Balaban J connectivity index is 1.57. The molecule has 3 fully saturated rings. The lowest BCUT2D eigenvalue weighted by Crippen LogP contribution is -2.56. The summed E-state index contributed by atoms with van der Waals surface area (Å²) in [5.74, 6) is 5.67. The minimum absolute atomic E-state index is 0.219. The molecule has 0 unspecified atom stereocenters. The molecule has 0 bridgehead atoms. The molecule has 0 saturated heterocycles. The zero-order valence-electron chi connectivity index (χ0n) is 19.8. The van der Waals surface area contributed by atoms with E-state index in [0.29, 0.717) is 41.3 Å². The monoisotopic (exact) mass is 396 g/mol. The Morgan fingerprint density at radius 1 is 0.966 bits per heavy atom. The number of hydrogen-bond acceptors (Lipinski definition) is 1. The summed E-state index contributed by atoms with van der Waals surface area (Å²) in [6, 6.07) is 0. The van der Waals surface area contributed by atoms with E-state index in [1.54, 1.807) is 0 Å². The molecule has 9 atom stereocenters. The maximum atomic E-state index is 13.7. The molecule has 0 N–H and O–H groups in total. The van der Waals surface area contributed by atoms with E-state index in [4.69, 9.17) is 0 Å². The number of ketones is 1. The normalized spacial score (nSPS) is 46.4. The van der Waals surface area contributed by atoms with Crippen molar-refractivity contribution in [2.75, 3.05) is 0 Å². The molecule has 3 saturated carbocycles. The smallest absolute Gasteiger partial charge is 0.137 e. The summed E-state index contributed by atoms with van der Waals surface area (Å²) in [4.78, 5) is 13.7. The zero-order valence-corrected chi connectivity index (χ0v) is 19.8. The van der Waals surface area contributed by atoms with Crippen LogP contribution in [0.3, 0.4) is 0 Å². The Bertz CT molecular complexity index is 686. The Hall–Kier alpha value is -0.850. The second kappa shape index (κ2) is 7.69. The largest absolute Gasteiger partial charge is 0.299 e. The molecule has 0 heterocycles. The third-order valence-electron chi connectivity index (χ3n) is 10.4. The van der Waals surface area contributed by atoms with Crippen molar-refractivity contribution in [1.82, 2.24) is 0 Å². The molecular weight excluding hydrogens is 352 g/mol. The van der Waals surface area contributed by atoms with Crippen molar-refractivity contribution in [2.45, 2.75) is 86.5 Å². The van der Waals surface area contributed by atoms with E-state index in [2.05, 4.69) is 65.8 Å². The summed E-state index contributed by atoms with van der Waals surface area (Å²) in [7, 11) is 0. The molecule has 4 aliphatic rings. The Morgan fingerprint density at radius 3 is 2.45 bits per heavy atom. The van der Waals surface area contributed by atoms with Crippen molar-refractivity contribution in [3.8, 4) is 0 Å². The van der Waals surface area contributed by atoms with Crippen LogP contribution >= 0.6 is 0 Å². The quantitative estimate of drug-likeness (QED) is 0.450. The van der Waals surface area contributed by atoms with Crippen molar-refractivity contribution < 1.29 is 4.79 Å². The van der Waals surface area contributed by atoms with E-state index >= 15 is 0 Å². The van der Waals surface area contributed by atoms with Crippen LogP contribution in [0, 0.1) is 58.2 Å². The number of allylic oxidation sites excluding steroid dienone is 4. The topological polar surface area (TPSA) is 17.1 Å². The van der Waals surface area contributed by atoms with E-state index in [0.717, 1.165) is 24.7 Å². The second-order valence-electron chi connectivity index (χ2n) is 12.1. The number of fused-ring (bicyclic) bond motifs is 5. The number of Topliss-reactive ketones (excluding diaryl/α,β-unsaturated/α-hetero) is 1. The van der Waals surface area contributed by atoms with Crippen LogP contribution < -0.4 is 0 Å². The van der Waals surface area contributed by atoms with Crippen molar-refractivity contribution in [3.05, 3.63) is 24.3 Å². The van der Waals surface area contributed by atoms with E-state index in [1.807, 2.05) is 0 Å². The predicted molar refractivity (Wildman–Crippen MR) is 122 cm³/mol. The number of carbonyl (C=O) groups is 1. The summed E-state index contributed by atoms with van der Waals surface area (Å²) >= 11 is 0. The third-order valence-corrected chi connectivity index (χ3v) is 10.4. The lowest BCUT2D eigenvalue weighted by Gasteiger charge is -2.59. The first-order chi connectivity index (χ1) is 13.7. The Labute approximate surface area is 179 Å². The first-order valence-electron chi connectivity index (χ1n) is 12.5. The highest BCUT2D eigenvalue weighted by Gasteiger charge is 2.62. The van der Waals surface area contributed by atoms with Gasteiger partial charge in [-0.15, -0.1) is 0 Å². The van der Waals surface area contributed by atoms with Gasteiger partial charge < -0.3 is 0 Å². The first kappa shape index (κ1) is 21.4. The SMILES string of the molecule is CC(C)[C@@H](C)/C=C/[C@@H](C)[C@H]1CC[C@@H]2[C@H]3CC[C@H]4CC=CC[C@]4(C)[C@@H]3C(=O)C[C@]21C. The molecule has 29 heavy (non-hydrogen) atoms. The number of hydrogen-bond donors (Lipinski definition) is 0. The fourth-order valence-electron chi connectivity index (χ4n) is 8.27. The van der Waals surface area contributed by atoms with Crippen LogP contribution in [0.4, 0.5) is 0 Å². The molecule has 1 nitrogen and oxygen atoms in total. The highest BCUT2D eigenvalue weighted by Crippen LogP contribution is 2.66. The number of carbonyl (C=O) groups excluding carboxylic acids is 1. The van der Waals surface area contributed by atoms with Crippen LogP contribution in [0.5, 0.6) is 0 Å². The average molecular weight is 397 g/mol. The summed E-state index contributed by atoms with van der Waals surface area (Å²) in [6.07, 6.45) is 18.2. The molecule has 1 heteroatoms. The molecule has 0 aromatic heterocycles. The van der Waals surface area contributed by atoms with Gasteiger partial charge in [0.1, 0.15) is 5.78 Å². The van der Waals surface area contributed by atoms with E-state index < -0.39 is 0 Å². The predicted octanol–water partition coefficient (Wildman–Crippen LogP) is 7.47. The van der Waals surface area contributed by atoms with Crippen LogP contribution in [0.15, 0.2) is 24.3 Å². The highest BCUT2D eigenvalue weighted by atomic mass is 16.1. The van der Waals surface area contributed by atoms with Gasteiger partial charge in [-0.2, -0.15) is 0 Å². The van der Waals surface area contributed by atoms with Gasteiger partial charge in [-0.3, -0.25) is 4.79 Å². The Morgan fingerprint density at radius 2 is 1.72 bits per heavy atom. The van der Waals surface area contributed by atoms with E-state index in [9.17, 15) is 4.79 Å². The van der Waals surface area contributed by atoms with Gasteiger partial charge in [-0.25, -0.2) is 0 Å². The molecule has 0 aliphatic heterocycles. The van der Waals surface area contributed by atoms with Crippen LogP contribution in [0.2, 0.25) is 0 Å². The molecule has 0 aromatic rings. The molecule has 4 aliphatic carbocycles. The zero-order chi connectivity index (χ0) is 21.0. The highest BCUT2D eigenvalue weighted by molar-refractivity contribution is 5.84. The summed E-state index contributed by atoms with van der Waals surface area (Å²) in [5, 5.41) is 0. The van der Waals surface area contributed by atoms with Gasteiger partial charge in [0.05, 0.1) is 0 Å². The maximum absolute atomic E-state index is 13.7. The van der Waals surface area contributed by atoms with Gasteiger partial charge in [-0.1, -0.05) is 65.8 Å². The van der Waals surface area contributed by atoms with Crippen molar-refractivity contribution in [1.29, 1.82) is 0 Å². The molecule has 0 aromatic carbocycles. The Kier molecular flexibility index (Phi) is 5.67. The molecule has 0 amide bonds. The van der Waals surface area contributed by atoms with Crippen molar-refractivity contribution in [2.24, 2.45) is 58.2 Å². The standard InChI is InChI=1S/C28H44O/c1-18(2)19(3)10-11-20(4)23-14-15-24-22-13-12-21-9-7-8-16-27(21,5)26(22)25(29)17-28(23,24)6/h7-8,10-11,18-24,26H,9,12-17H2,1-6H3/b11-10+/t19-,20+,21+,22+,23+,24+,26-,27-,28-/m0/s1. The van der Waals surface area contributed by atoms with E-state index in [-0.39, 0.29) is 10.8 Å². The molecule has 162 valence electrons. The third kappa shape index (κ3) is 3.39. The van der Waals surface area contributed by atoms with Gasteiger partial charge in [0.25, 0.3) is 0 Å². The minimum atomic E-state index is 0.219. The lowest BCUT2D eigenvalue weighted by molar-refractivity contribution is -0.154. The average Bonchev–Trinajstić information content (AvgIpc) is 3.01. The van der Waals surface area contributed by atoms with Gasteiger partial charge in [0, 0.05) is 12.3 Å². The summed E-state index contributed by atoms with van der Waals surface area (Å²) < 4.78 is 0. The van der Waals surface area contributed by atoms with Crippen LogP contribution in [-0.2, 0) is 4.79 Å². The maximum Gasteiger partial charge on any atom is 0.137 e. The fourth-order valence-corrected chi connectivity index (χ4v) is 8.27. The summed E-state index contributed by atoms with van der Waals surface area (Å²) in [6.45, 7) is 14.3. The van der Waals surface area contributed by atoms with Crippen molar-refractivity contribution >= 4 is 5.78 Å². The van der Waals surface area contributed by atoms with Gasteiger partial charge in [0.2, 0.25) is 0 Å². The van der Waals surface area contributed by atoms with Crippen LogP contribution in [0.25, 0.3) is 0 Å². The summed E-state index contributed by atoms with van der Waals surface area (Å²) in [5.41, 5.74) is 0.448. The molecule has 0 radical (unpaired) electrons. The van der Waals surface area contributed by atoms with Crippen LogP contribution in [0.1, 0.15) is 86.5 Å². The fraction of sp³-hybridized carbons (Fsp3) is 0.821. The molecule has 4 rings (SSSR count). The molecule has 0 spiro atoms. The number of rotatable bonds is 4. The van der Waals surface area contributed by atoms with Gasteiger partial charge in [0.15, 0.2) is 0 Å². The minimum Gasteiger partial charge on any atom is -0.299 e. The first-order valence-corrected chi connectivity index (χ1v) is 12.5. The van der Waals surface area contributed by atoms with Crippen molar-refractivity contribution in [3.63, 3.8) is 0 Å². The van der Waals surface area contributed by atoms with E-state index in [1.165, 1.54) is 32.1 Å². The second-order valence-corrected chi connectivity index (χ2v) is 12.1. The lowest BCUT2D eigenvalue weighted by atomic mass is 9.45. The van der Waals surface area contributed by atoms with Crippen LogP contribution in [-0.4, -0.2) is 5.78 Å². The van der Waals surface area contributed by atoms with Gasteiger partial charge >= 0.3 is 0 Å². The van der Waals surface area contributed by atoms with Gasteiger partial charge in [-0.05, 0) is 90.8 Å². The molecular formula is C28H44O.